The fourth-order valence-corrected chi connectivity index (χ4v) is 2.11. The van der Waals surface area contributed by atoms with Crippen LogP contribution >= 0.6 is 0 Å². The quantitative estimate of drug-likeness (QED) is 0.849. The van der Waals surface area contributed by atoms with Crippen LogP contribution in [0.15, 0.2) is 42.5 Å². The molecule has 20 heavy (non-hydrogen) atoms. The van der Waals surface area contributed by atoms with Gasteiger partial charge in [-0.25, -0.2) is 0 Å². The highest BCUT2D eigenvalue weighted by atomic mass is 16.5. The van der Waals surface area contributed by atoms with Crippen molar-refractivity contribution in [3.63, 3.8) is 0 Å². The molecule has 0 aromatic heterocycles. The smallest absolute Gasteiger partial charge is 0.130 e. The van der Waals surface area contributed by atoms with Crippen LogP contribution in [0, 0.1) is 6.92 Å². The molecule has 2 nitrogen and oxygen atoms in total. The molecule has 1 atom stereocenters. The Morgan fingerprint density at radius 2 is 1.80 bits per heavy atom. The monoisotopic (exact) mass is 269 g/mol. The lowest BCUT2D eigenvalue weighted by Crippen LogP contribution is -1.97. The van der Waals surface area contributed by atoms with Crippen molar-refractivity contribution in [2.45, 2.75) is 39.7 Å². The molecule has 1 unspecified atom stereocenters. The summed E-state index contributed by atoms with van der Waals surface area (Å²) in [5.41, 5.74) is 9.23. The van der Waals surface area contributed by atoms with Gasteiger partial charge in [0.15, 0.2) is 0 Å². The van der Waals surface area contributed by atoms with Crippen LogP contribution in [0.2, 0.25) is 0 Å². The van der Waals surface area contributed by atoms with Crippen molar-refractivity contribution in [1.29, 1.82) is 0 Å². The highest BCUT2D eigenvalue weighted by Crippen LogP contribution is 2.28. The third kappa shape index (κ3) is 3.40. The van der Waals surface area contributed by atoms with E-state index in [0.29, 0.717) is 12.5 Å². The maximum Gasteiger partial charge on any atom is 0.130 e. The van der Waals surface area contributed by atoms with Gasteiger partial charge in [0.05, 0.1) is 0 Å². The number of aryl methyl sites for hydroxylation is 1. The molecule has 0 aliphatic heterocycles. The van der Waals surface area contributed by atoms with Crippen LogP contribution in [0.5, 0.6) is 11.5 Å². The summed E-state index contributed by atoms with van der Waals surface area (Å²) >= 11 is 0. The zero-order valence-corrected chi connectivity index (χ0v) is 12.5. The zero-order chi connectivity index (χ0) is 14.5. The van der Waals surface area contributed by atoms with Crippen LogP contribution in [-0.4, -0.2) is 0 Å². The van der Waals surface area contributed by atoms with Crippen molar-refractivity contribution in [3.8, 4) is 11.5 Å². The van der Waals surface area contributed by atoms with Crippen molar-refractivity contribution in [2.75, 3.05) is 0 Å². The van der Waals surface area contributed by atoms with Gasteiger partial charge in [0.2, 0.25) is 0 Å². The molecule has 106 valence electrons. The summed E-state index contributed by atoms with van der Waals surface area (Å²) in [7, 11) is 0. The van der Waals surface area contributed by atoms with E-state index >= 15 is 0 Å². The largest absolute Gasteiger partial charge is 0.457 e. The van der Waals surface area contributed by atoms with Gasteiger partial charge in [-0.15, -0.1) is 0 Å². The maximum atomic E-state index is 5.96. The van der Waals surface area contributed by atoms with Crippen molar-refractivity contribution in [2.24, 2.45) is 5.73 Å². The van der Waals surface area contributed by atoms with E-state index in [0.717, 1.165) is 29.0 Å². The van der Waals surface area contributed by atoms with Gasteiger partial charge in [0, 0.05) is 6.54 Å². The van der Waals surface area contributed by atoms with Crippen LogP contribution < -0.4 is 10.5 Å². The molecule has 0 amide bonds. The third-order valence-electron chi connectivity index (χ3n) is 3.78. The number of nitrogens with two attached hydrogens (primary N) is 1. The standard InChI is InChI=1S/C18H23NO/c1-4-13(2)16-7-9-17(10-8-16)20-18-11-15(12-19)6-5-14(18)3/h5-11,13H,4,12,19H2,1-3H3. The molecule has 0 aliphatic rings. The second-order valence-electron chi connectivity index (χ2n) is 5.28. The Kier molecular flexibility index (Phi) is 4.80. The van der Waals surface area contributed by atoms with E-state index in [1.807, 2.05) is 37.3 Å². The Morgan fingerprint density at radius 3 is 2.40 bits per heavy atom. The summed E-state index contributed by atoms with van der Waals surface area (Å²) in [6.45, 7) is 7.02. The first-order chi connectivity index (χ1) is 9.63. The normalized spacial score (nSPS) is 12.2. The lowest BCUT2D eigenvalue weighted by molar-refractivity contribution is 0.477. The molecule has 0 fully saturated rings. The minimum atomic E-state index is 0.531. The van der Waals surface area contributed by atoms with E-state index < -0.39 is 0 Å². The number of rotatable bonds is 5. The predicted octanol–water partition coefficient (Wildman–Crippen LogP) is 4.76. The molecule has 2 heteroatoms. The number of hydrogen-bond acceptors (Lipinski definition) is 2. The first-order valence-electron chi connectivity index (χ1n) is 7.21. The highest BCUT2D eigenvalue weighted by molar-refractivity contribution is 5.40. The summed E-state index contributed by atoms with van der Waals surface area (Å²) in [4.78, 5) is 0. The van der Waals surface area contributed by atoms with Gasteiger partial charge in [-0.3, -0.25) is 0 Å². The van der Waals surface area contributed by atoms with Crippen LogP contribution in [0.3, 0.4) is 0 Å². The Bertz CT molecular complexity index is 560. The Morgan fingerprint density at radius 1 is 1.10 bits per heavy atom. The fraction of sp³-hybridized carbons (Fsp3) is 0.333. The molecule has 2 aromatic rings. The molecule has 0 saturated carbocycles. The molecule has 0 radical (unpaired) electrons. The topological polar surface area (TPSA) is 35.2 Å². The Labute approximate surface area is 121 Å². The third-order valence-corrected chi connectivity index (χ3v) is 3.78. The minimum Gasteiger partial charge on any atom is -0.457 e. The Balaban J connectivity index is 2.17. The van der Waals surface area contributed by atoms with Crippen molar-refractivity contribution in [1.82, 2.24) is 0 Å². The average Bonchev–Trinajstić information content (AvgIpc) is 2.49. The van der Waals surface area contributed by atoms with Crippen molar-refractivity contribution in [3.05, 3.63) is 59.2 Å². The molecule has 0 spiro atoms. The van der Waals surface area contributed by atoms with Gasteiger partial charge in [0.25, 0.3) is 0 Å². The van der Waals surface area contributed by atoms with Crippen molar-refractivity contribution >= 4 is 0 Å². The van der Waals surface area contributed by atoms with E-state index in [1.54, 1.807) is 0 Å². The summed E-state index contributed by atoms with van der Waals surface area (Å²) in [5.74, 6) is 2.34. The molecule has 0 heterocycles. The molecule has 0 saturated heterocycles. The molecular weight excluding hydrogens is 246 g/mol. The van der Waals surface area contributed by atoms with Gasteiger partial charge >= 0.3 is 0 Å². The predicted molar refractivity (Wildman–Crippen MR) is 84.3 cm³/mol. The number of benzene rings is 2. The lowest BCUT2D eigenvalue weighted by atomic mass is 9.99. The molecule has 2 N–H and O–H groups in total. The van der Waals surface area contributed by atoms with E-state index in [4.69, 9.17) is 10.5 Å². The number of ether oxygens (including phenoxy) is 1. The van der Waals surface area contributed by atoms with Crippen LogP contribution in [0.4, 0.5) is 0 Å². The molecule has 2 rings (SSSR count). The minimum absolute atomic E-state index is 0.531. The van der Waals surface area contributed by atoms with Crippen molar-refractivity contribution < 1.29 is 4.74 Å². The second kappa shape index (κ2) is 6.58. The first kappa shape index (κ1) is 14.6. The summed E-state index contributed by atoms with van der Waals surface area (Å²) in [6.07, 6.45) is 1.15. The van der Waals surface area contributed by atoms with Gasteiger partial charge in [-0.2, -0.15) is 0 Å². The van der Waals surface area contributed by atoms with Gasteiger partial charge in [0.1, 0.15) is 11.5 Å². The fourth-order valence-electron chi connectivity index (χ4n) is 2.11. The molecule has 0 aliphatic carbocycles. The lowest BCUT2D eigenvalue weighted by Gasteiger charge is -2.12. The van der Waals surface area contributed by atoms with E-state index in [9.17, 15) is 0 Å². The average molecular weight is 269 g/mol. The van der Waals surface area contributed by atoms with Gasteiger partial charge in [-0.05, 0) is 54.2 Å². The molecule has 0 bridgehead atoms. The van der Waals surface area contributed by atoms with E-state index in [1.165, 1.54) is 5.56 Å². The van der Waals surface area contributed by atoms with Gasteiger partial charge < -0.3 is 10.5 Å². The number of hydrogen-bond donors (Lipinski definition) is 1. The van der Waals surface area contributed by atoms with E-state index in [2.05, 4.69) is 26.0 Å². The Hall–Kier alpha value is -1.80. The SMILES string of the molecule is CCC(C)c1ccc(Oc2cc(CN)ccc2C)cc1. The second-order valence-corrected chi connectivity index (χ2v) is 5.28. The van der Waals surface area contributed by atoms with Crippen LogP contribution in [0.1, 0.15) is 42.9 Å². The molecule has 2 aromatic carbocycles. The molecular formula is C18H23NO. The van der Waals surface area contributed by atoms with E-state index in [-0.39, 0.29) is 0 Å². The van der Waals surface area contributed by atoms with Crippen LogP contribution in [0.25, 0.3) is 0 Å². The van der Waals surface area contributed by atoms with Gasteiger partial charge in [-0.1, -0.05) is 38.1 Å². The highest BCUT2D eigenvalue weighted by Gasteiger charge is 2.05. The summed E-state index contributed by atoms with van der Waals surface area (Å²) < 4.78 is 5.96. The van der Waals surface area contributed by atoms with Crippen LogP contribution in [-0.2, 0) is 6.54 Å². The summed E-state index contributed by atoms with van der Waals surface area (Å²) in [6, 6.07) is 14.5. The summed E-state index contributed by atoms with van der Waals surface area (Å²) in [5, 5.41) is 0. The first-order valence-corrected chi connectivity index (χ1v) is 7.21. The zero-order valence-electron chi connectivity index (χ0n) is 12.5. The maximum absolute atomic E-state index is 5.96.